The first-order valence-electron chi connectivity index (χ1n) is 6.79. The van der Waals surface area contributed by atoms with E-state index in [2.05, 4.69) is 0 Å². The number of nitrogens with zero attached hydrogens (tertiary/aromatic N) is 1. The fourth-order valence-corrected chi connectivity index (χ4v) is 2.52. The van der Waals surface area contributed by atoms with Crippen LogP contribution >= 0.6 is 0 Å². The lowest BCUT2D eigenvalue weighted by Gasteiger charge is -2.33. The third kappa shape index (κ3) is 2.27. The van der Waals surface area contributed by atoms with Gasteiger partial charge in [-0.3, -0.25) is 4.79 Å². The second kappa shape index (κ2) is 5.00. The zero-order chi connectivity index (χ0) is 14.1. The zero-order valence-electron chi connectivity index (χ0n) is 11.7. The summed E-state index contributed by atoms with van der Waals surface area (Å²) in [4.78, 5) is 14.5. The molecule has 0 aliphatic carbocycles. The summed E-state index contributed by atoms with van der Waals surface area (Å²) in [5.74, 6) is 0.795. The Morgan fingerprint density at radius 2 is 2.00 bits per heavy atom. The van der Waals surface area contributed by atoms with Gasteiger partial charge in [-0.2, -0.15) is 0 Å². The van der Waals surface area contributed by atoms with Crippen LogP contribution in [-0.4, -0.2) is 18.6 Å². The van der Waals surface area contributed by atoms with E-state index >= 15 is 0 Å². The van der Waals surface area contributed by atoms with Crippen molar-refractivity contribution in [1.29, 1.82) is 0 Å². The quantitative estimate of drug-likeness (QED) is 0.792. The highest BCUT2D eigenvalue weighted by molar-refractivity contribution is 6.07. The minimum Gasteiger partial charge on any atom is -0.487 e. The van der Waals surface area contributed by atoms with Crippen LogP contribution in [0.1, 0.15) is 22.8 Å². The second-order valence-corrected chi connectivity index (χ2v) is 5.18. The number of amides is 1. The number of aryl methyl sites for hydroxylation is 1. The largest absolute Gasteiger partial charge is 0.487 e. The van der Waals surface area contributed by atoms with Gasteiger partial charge in [-0.05, 0) is 38.1 Å². The summed E-state index contributed by atoms with van der Waals surface area (Å²) >= 11 is 0. The third-order valence-electron chi connectivity index (χ3n) is 3.43. The Morgan fingerprint density at radius 1 is 1.20 bits per heavy atom. The summed E-state index contributed by atoms with van der Waals surface area (Å²) in [5.41, 5.74) is 2.65. The number of hydrogen-bond donors (Lipinski definition) is 0. The Bertz CT molecular complexity index is 651. The molecule has 0 saturated heterocycles. The molecular formula is C17H17NO2. The average Bonchev–Trinajstić information content (AvgIpc) is 2.45. The molecule has 0 aromatic heterocycles. The highest BCUT2D eigenvalue weighted by atomic mass is 16.5. The number of carbonyl (C=O) groups excluding carboxylic acids is 1. The van der Waals surface area contributed by atoms with Gasteiger partial charge in [-0.25, -0.2) is 0 Å². The van der Waals surface area contributed by atoms with Crippen molar-refractivity contribution in [2.75, 3.05) is 11.4 Å². The van der Waals surface area contributed by atoms with Crippen LogP contribution in [0.4, 0.5) is 5.69 Å². The van der Waals surface area contributed by atoms with Gasteiger partial charge in [0.1, 0.15) is 11.9 Å². The molecule has 1 unspecified atom stereocenters. The first-order valence-corrected chi connectivity index (χ1v) is 6.79. The molecule has 1 aliphatic heterocycles. The molecule has 0 fully saturated rings. The van der Waals surface area contributed by atoms with Gasteiger partial charge in [0, 0.05) is 5.56 Å². The molecule has 102 valence electrons. The number of rotatable bonds is 1. The molecule has 2 aromatic carbocycles. The molecule has 0 bridgehead atoms. The Labute approximate surface area is 118 Å². The Morgan fingerprint density at radius 3 is 2.80 bits per heavy atom. The lowest BCUT2D eigenvalue weighted by Crippen LogP contribution is -2.42. The Kier molecular flexibility index (Phi) is 3.18. The fraction of sp³-hybridized carbons (Fsp3) is 0.235. The van der Waals surface area contributed by atoms with Crippen LogP contribution in [0, 0.1) is 6.92 Å². The first-order chi connectivity index (χ1) is 9.65. The molecule has 20 heavy (non-hydrogen) atoms. The molecule has 0 spiro atoms. The molecule has 1 amide bonds. The highest BCUT2D eigenvalue weighted by Gasteiger charge is 2.27. The van der Waals surface area contributed by atoms with Crippen LogP contribution in [0.25, 0.3) is 0 Å². The Balaban J connectivity index is 2.00. The van der Waals surface area contributed by atoms with Gasteiger partial charge >= 0.3 is 0 Å². The van der Waals surface area contributed by atoms with Crippen LogP contribution < -0.4 is 9.64 Å². The van der Waals surface area contributed by atoms with Crippen molar-refractivity contribution in [3.8, 4) is 5.75 Å². The van der Waals surface area contributed by atoms with Crippen LogP contribution in [0.5, 0.6) is 5.75 Å². The van der Waals surface area contributed by atoms with E-state index in [0.717, 1.165) is 17.0 Å². The number of ether oxygens (including phenoxy) is 1. The molecule has 0 N–H and O–H groups in total. The van der Waals surface area contributed by atoms with E-state index in [0.29, 0.717) is 12.1 Å². The number of benzene rings is 2. The minimum atomic E-state index is -0.00124. The van der Waals surface area contributed by atoms with Crippen molar-refractivity contribution in [1.82, 2.24) is 0 Å². The van der Waals surface area contributed by atoms with Crippen molar-refractivity contribution < 1.29 is 9.53 Å². The van der Waals surface area contributed by atoms with E-state index < -0.39 is 0 Å². The van der Waals surface area contributed by atoms with E-state index in [1.807, 2.05) is 62.4 Å². The lowest BCUT2D eigenvalue weighted by molar-refractivity contribution is 0.0961. The van der Waals surface area contributed by atoms with Crippen LogP contribution in [0.2, 0.25) is 0 Å². The van der Waals surface area contributed by atoms with Crippen LogP contribution in [-0.2, 0) is 0 Å². The average molecular weight is 267 g/mol. The first kappa shape index (κ1) is 12.7. The summed E-state index contributed by atoms with van der Waals surface area (Å²) in [5, 5.41) is 0. The van der Waals surface area contributed by atoms with Crippen LogP contribution in [0.3, 0.4) is 0 Å². The van der Waals surface area contributed by atoms with E-state index in [4.69, 9.17) is 4.74 Å². The summed E-state index contributed by atoms with van der Waals surface area (Å²) < 4.78 is 5.78. The van der Waals surface area contributed by atoms with Crippen molar-refractivity contribution in [2.45, 2.75) is 20.0 Å². The number of hydrogen-bond acceptors (Lipinski definition) is 2. The lowest BCUT2D eigenvalue weighted by atomic mass is 10.1. The van der Waals surface area contributed by atoms with Gasteiger partial charge in [-0.1, -0.05) is 29.8 Å². The van der Waals surface area contributed by atoms with Crippen molar-refractivity contribution in [3.63, 3.8) is 0 Å². The van der Waals surface area contributed by atoms with Crippen molar-refractivity contribution >= 4 is 11.6 Å². The number of anilines is 1. The van der Waals surface area contributed by atoms with Gasteiger partial charge in [0.2, 0.25) is 0 Å². The van der Waals surface area contributed by atoms with Gasteiger partial charge in [0.05, 0.1) is 12.2 Å². The van der Waals surface area contributed by atoms with Gasteiger partial charge in [0.15, 0.2) is 0 Å². The Hall–Kier alpha value is -2.29. The van der Waals surface area contributed by atoms with E-state index in [1.54, 1.807) is 4.90 Å². The second-order valence-electron chi connectivity index (χ2n) is 5.18. The van der Waals surface area contributed by atoms with Gasteiger partial charge < -0.3 is 9.64 Å². The number of para-hydroxylation sites is 2. The van der Waals surface area contributed by atoms with E-state index in [9.17, 15) is 4.79 Å². The molecule has 0 radical (unpaired) electrons. The number of carbonyl (C=O) groups is 1. The molecular weight excluding hydrogens is 250 g/mol. The normalized spacial score (nSPS) is 17.3. The fourth-order valence-electron chi connectivity index (χ4n) is 2.52. The molecule has 3 heteroatoms. The SMILES string of the molecule is Cc1cccc(C(=O)N2CC(C)Oc3ccccc32)c1. The molecule has 1 aliphatic rings. The molecule has 2 aromatic rings. The van der Waals surface area contributed by atoms with Gasteiger partial charge in [0.25, 0.3) is 5.91 Å². The monoisotopic (exact) mass is 267 g/mol. The zero-order valence-corrected chi connectivity index (χ0v) is 11.7. The predicted molar refractivity (Wildman–Crippen MR) is 79.4 cm³/mol. The molecule has 1 atom stereocenters. The van der Waals surface area contributed by atoms with Gasteiger partial charge in [-0.15, -0.1) is 0 Å². The maximum absolute atomic E-state index is 12.7. The summed E-state index contributed by atoms with van der Waals surface area (Å²) in [6.45, 7) is 4.54. The maximum Gasteiger partial charge on any atom is 0.258 e. The minimum absolute atomic E-state index is 0.00124. The third-order valence-corrected chi connectivity index (χ3v) is 3.43. The maximum atomic E-state index is 12.7. The van der Waals surface area contributed by atoms with Crippen LogP contribution in [0.15, 0.2) is 48.5 Å². The smallest absolute Gasteiger partial charge is 0.258 e. The summed E-state index contributed by atoms with van der Waals surface area (Å²) in [6, 6.07) is 15.4. The molecule has 0 saturated carbocycles. The highest BCUT2D eigenvalue weighted by Crippen LogP contribution is 2.33. The molecule has 3 nitrogen and oxygen atoms in total. The van der Waals surface area contributed by atoms with E-state index in [1.165, 1.54) is 0 Å². The van der Waals surface area contributed by atoms with E-state index in [-0.39, 0.29) is 12.0 Å². The van der Waals surface area contributed by atoms with Crippen molar-refractivity contribution in [3.05, 3.63) is 59.7 Å². The standard InChI is InChI=1S/C17H17NO2/c1-12-6-5-7-14(10-12)17(19)18-11-13(2)20-16-9-4-3-8-15(16)18/h3-10,13H,11H2,1-2H3. The topological polar surface area (TPSA) is 29.5 Å². The summed E-state index contributed by atoms with van der Waals surface area (Å²) in [6.07, 6.45) is -0.00124. The number of fused-ring (bicyclic) bond motifs is 1. The molecule has 1 heterocycles. The predicted octanol–water partition coefficient (Wildman–Crippen LogP) is 3.42. The van der Waals surface area contributed by atoms with Crippen molar-refractivity contribution in [2.24, 2.45) is 0 Å². The molecule has 3 rings (SSSR count). The summed E-state index contributed by atoms with van der Waals surface area (Å²) in [7, 11) is 0.